The van der Waals surface area contributed by atoms with Crippen LogP contribution in [0.25, 0.3) is 11.0 Å². The number of hydrogen-bond donors (Lipinski definition) is 3. The van der Waals surface area contributed by atoms with E-state index in [9.17, 15) is 49.8 Å². The summed E-state index contributed by atoms with van der Waals surface area (Å²) in [6.07, 6.45) is -12.9. The fourth-order valence-corrected chi connectivity index (χ4v) is 5.30. The van der Waals surface area contributed by atoms with E-state index in [2.05, 4.69) is 15.6 Å². The normalized spacial score (nSPS) is 17.7. The number of carbonyl (C=O) groups is 2. The van der Waals surface area contributed by atoms with Crippen molar-refractivity contribution in [3.63, 3.8) is 0 Å². The van der Waals surface area contributed by atoms with Crippen LogP contribution in [-0.4, -0.2) is 45.7 Å². The summed E-state index contributed by atoms with van der Waals surface area (Å²) in [6, 6.07) is 4.51. The van der Waals surface area contributed by atoms with Gasteiger partial charge in [0.2, 0.25) is 11.9 Å². The van der Waals surface area contributed by atoms with E-state index in [4.69, 9.17) is 4.74 Å². The molecule has 3 N–H and O–H groups in total. The monoisotopic (exact) mass is 664 g/mol. The number of amides is 1. The molecule has 4 rings (SSSR count). The Labute approximate surface area is 258 Å². The Balaban J connectivity index is 1.83. The molecule has 8 nitrogen and oxygen atoms in total. The highest BCUT2D eigenvalue weighted by Crippen LogP contribution is 2.44. The first-order valence-electron chi connectivity index (χ1n) is 14.3. The second-order valence-corrected chi connectivity index (χ2v) is 12.1. The van der Waals surface area contributed by atoms with E-state index in [1.807, 2.05) is 0 Å². The number of carboxylic acids is 1. The van der Waals surface area contributed by atoms with Gasteiger partial charge < -0.3 is 25.0 Å². The maximum absolute atomic E-state index is 14.1. The summed E-state index contributed by atoms with van der Waals surface area (Å²) < 4.78 is 115. The van der Waals surface area contributed by atoms with Crippen molar-refractivity contribution >= 4 is 34.5 Å². The van der Waals surface area contributed by atoms with Gasteiger partial charge in [-0.2, -0.15) is 26.3 Å². The minimum Gasteiger partial charge on any atom is -0.487 e. The van der Waals surface area contributed by atoms with Crippen molar-refractivity contribution in [1.29, 1.82) is 0 Å². The minimum atomic E-state index is -4.86. The second kappa shape index (κ2) is 12.9. The van der Waals surface area contributed by atoms with Crippen LogP contribution in [0.2, 0.25) is 0 Å². The standard InChI is InChI=1S/C30H32F8N4O4/c1-28(2,3)26(45)39-13-15-4-9-19(30(36,37)38)20(10-15)40-27-41-21-11-18(25(43)44)23(46-14-24(31)32)12-22(21)42(27)17-7-5-16(6-8-17)29(33,34)35/h4,9-12,16-17,24H,5-8,13-14H2,1-3H3,(H,39,45)(H,40,41)(H,43,44). The molecule has 3 aromatic rings. The van der Waals surface area contributed by atoms with Crippen LogP contribution in [0.3, 0.4) is 0 Å². The summed E-state index contributed by atoms with van der Waals surface area (Å²) in [6.45, 7) is 3.71. The topological polar surface area (TPSA) is 105 Å². The van der Waals surface area contributed by atoms with Crippen LogP contribution >= 0.6 is 0 Å². The molecule has 0 atom stereocenters. The molecule has 2 aromatic carbocycles. The molecule has 0 aliphatic heterocycles. The van der Waals surface area contributed by atoms with Crippen molar-refractivity contribution in [2.24, 2.45) is 11.3 Å². The quantitative estimate of drug-likeness (QED) is 0.200. The van der Waals surface area contributed by atoms with Crippen molar-refractivity contribution in [1.82, 2.24) is 14.9 Å². The van der Waals surface area contributed by atoms with Gasteiger partial charge in [-0.1, -0.05) is 26.8 Å². The number of carboxylic acid groups (broad SMARTS) is 1. The fourth-order valence-electron chi connectivity index (χ4n) is 5.30. The number of rotatable bonds is 9. The van der Waals surface area contributed by atoms with Crippen LogP contribution in [0, 0.1) is 11.3 Å². The van der Waals surface area contributed by atoms with Crippen LogP contribution < -0.4 is 15.4 Å². The lowest BCUT2D eigenvalue weighted by molar-refractivity contribution is -0.183. The Kier molecular flexibility index (Phi) is 9.78. The molecule has 1 heterocycles. The van der Waals surface area contributed by atoms with Crippen molar-refractivity contribution in [3.05, 3.63) is 47.0 Å². The number of carbonyl (C=O) groups excluding carboxylic acids is 1. The highest BCUT2D eigenvalue weighted by atomic mass is 19.4. The molecule has 0 unspecified atom stereocenters. The van der Waals surface area contributed by atoms with Gasteiger partial charge in [0.05, 0.1) is 28.2 Å². The lowest BCUT2D eigenvalue weighted by Gasteiger charge is -2.32. The highest BCUT2D eigenvalue weighted by molar-refractivity contribution is 5.96. The smallest absolute Gasteiger partial charge is 0.418 e. The summed E-state index contributed by atoms with van der Waals surface area (Å²) in [5.41, 5.74) is -2.61. The largest absolute Gasteiger partial charge is 0.487 e. The zero-order valence-electron chi connectivity index (χ0n) is 25.0. The van der Waals surface area contributed by atoms with E-state index in [0.29, 0.717) is 0 Å². The summed E-state index contributed by atoms with van der Waals surface area (Å²) in [5, 5.41) is 15.0. The van der Waals surface area contributed by atoms with Gasteiger partial charge in [0, 0.05) is 24.1 Å². The van der Waals surface area contributed by atoms with Gasteiger partial charge in [-0.25, -0.2) is 18.6 Å². The number of imidazole rings is 1. The molecule has 1 aliphatic rings. The Morgan fingerprint density at radius 1 is 1.02 bits per heavy atom. The number of benzene rings is 2. The van der Waals surface area contributed by atoms with Gasteiger partial charge in [0.15, 0.2) is 0 Å². The molecule has 1 fully saturated rings. The molecule has 46 heavy (non-hydrogen) atoms. The number of nitrogens with one attached hydrogen (secondary N) is 2. The SMILES string of the molecule is CC(C)(C)C(=O)NCc1ccc(C(F)(F)F)c(Nc2nc3cc(C(=O)O)c(OCC(F)F)cc3n2C2CCC(C(F)(F)F)CC2)c1. The Morgan fingerprint density at radius 3 is 2.22 bits per heavy atom. The van der Waals surface area contributed by atoms with Crippen molar-refractivity contribution in [2.75, 3.05) is 11.9 Å². The minimum absolute atomic E-state index is 0.0524. The third-order valence-electron chi connectivity index (χ3n) is 7.68. The van der Waals surface area contributed by atoms with Crippen LogP contribution in [0.5, 0.6) is 5.75 Å². The first-order chi connectivity index (χ1) is 21.3. The summed E-state index contributed by atoms with van der Waals surface area (Å²) in [5.74, 6) is -4.20. The Hall–Kier alpha value is -4.11. The molecular formula is C30H32F8N4O4. The van der Waals surface area contributed by atoms with E-state index in [1.54, 1.807) is 20.8 Å². The summed E-state index contributed by atoms with van der Waals surface area (Å²) in [4.78, 5) is 28.6. The van der Waals surface area contributed by atoms with Crippen molar-refractivity contribution in [3.8, 4) is 5.75 Å². The van der Waals surface area contributed by atoms with Gasteiger partial charge in [-0.3, -0.25) is 4.79 Å². The number of aromatic nitrogens is 2. The third kappa shape index (κ3) is 7.99. The highest BCUT2D eigenvalue weighted by Gasteiger charge is 2.42. The molecule has 0 radical (unpaired) electrons. The molecule has 1 aliphatic carbocycles. The van der Waals surface area contributed by atoms with Crippen LogP contribution in [0.15, 0.2) is 30.3 Å². The van der Waals surface area contributed by atoms with E-state index in [0.717, 1.165) is 24.3 Å². The fraction of sp³-hybridized carbons (Fsp3) is 0.500. The van der Waals surface area contributed by atoms with Crippen LogP contribution in [0.4, 0.5) is 46.8 Å². The van der Waals surface area contributed by atoms with E-state index >= 15 is 0 Å². The zero-order valence-corrected chi connectivity index (χ0v) is 25.0. The van der Waals surface area contributed by atoms with E-state index in [-0.39, 0.29) is 60.7 Å². The van der Waals surface area contributed by atoms with Crippen molar-refractivity contribution < 1.29 is 54.6 Å². The number of ether oxygens (including phenoxy) is 1. The number of aromatic carboxylic acids is 1. The predicted octanol–water partition coefficient (Wildman–Crippen LogP) is 8.10. The average Bonchev–Trinajstić information content (AvgIpc) is 3.29. The van der Waals surface area contributed by atoms with Gasteiger partial charge in [-0.15, -0.1) is 0 Å². The second-order valence-electron chi connectivity index (χ2n) is 12.1. The van der Waals surface area contributed by atoms with Crippen LogP contribution in [-0.2, 0) is 17.5 Å². The number of halogens is 8. The van der Waals surface area contributed by atoms with E-state index < -0.39 is 71.3 Å². The molecule has 252 valence electrons. The first kappa shape index (κ1) is 34.8. The zero-order chi connectivity index (χ0) is 34.2. The molecule has 0 saturated heterocycles. The molecule has 1 aromatic heterocycles. The number of anilines is 2. The van der Waals surface area contributed by atoms with Crippen LogP contribution in [0.1, 0.15) is 74.0 Å². The molecule has 0 spiro atoms. The van der Waals surface area contributed by atoms with Gasteiger partial charge >= 0.3 is 18.3 Å². The molecule has 1 amide bonds. The number of nitrogens with zero attached hydrogens (tertiary/aromatic N) is 2. The predicted molar refractivity (Wildman–Crippen MR) is 151 cm³/mol. The Morgan fingerprint density at radius 2 is 1.67 bits per heavy atom. The summed E-state index contributed by atoms with van der Waals surface area (Å²) in [7, 11) is 0. The number of hydrogen-bond acceptors (Lipinski definition) is 5. The first-order valence-corrected chi connectivity index (χ1v) is 14.3. The maximum Gasteiger partial charge on any atom is 0.418 e. The lowest BCUT2D eigenvalue weighted by atomic mass is 9.85. The van der Waals surface area contributed by atoms with Crippen molar-refractivity contribution in [2.45, 2.75) is 77.8 Å². The average molecular weight is 665 g/mol. The van der Waals surface area contributed by atoms with Gasteiger partial charge in [-0.05, 0) is 49.4 Å². The molecule has 1 saturated carbocycles. The van der Waals surface area contributed by atoms with Gasteiger partial charge in [0.1, 0.15) is 17.9 Å². The van der Waals surface area contributed by atoms with Gasteiger partial charge in [0.25, 0.3) is 6.43 Å². The molecule has 0 bridgehead atoms. The maximum atomic E-state index is 14.1. The third-order valence-corrected chi connectivity index (χ3v) is 7.68. The summed E-state index contributed by atoms with van der Waals surface area (Å²) >= 11 is 0. The molecule has 16 heteroatoms. The molecular weight excluding hydrogens is 632 g/mol. The lowest BCUT2D eigenvalue weighted by Crippen LogP contribution is -2.34. The Bertz CT molecular complexity index is 1590. The number of fused-ring (bicyclic) bond motifs is 1. The van der Waals surface area contributed by atoms with E-state index in [1.165, 1.54) is 10.6 Å². The number of alkyl halides is 8.